The van der Waals surface area contributed by atoms with Gasteiger partial charge in [0.1, 0.15) is 5.82 Å². The van der Waals surface area contributed by atoms with Gasteiger partial charge >= 0.3 is 5.97 Å². The van der Waals surface area contributed by atoms with Gasteiger partial charge in [0, 0.05) is 16.5 Å². The van der Waals surface area contributed by atoms with Crippen LogP contribution in [0.1, 0.15) is 21.7 Å². The highest BCUT2D eigenvalue weighted by Gasteiger charge is 2.19. The number of rotatable bonds is 5. The standard InChI is InChI=1S/C12H12BrFN4O2/c13-8-1-2-9(14)7(5-8)6-18-10(3-4-15)11(12(19)20)16-17-18/h1-2,5H,3-4,6,15H2,(H,19,20). The van der Waals surface area contributed by atoms with Crippen molar-refractivity contribution in [1.82, 2.24) is 15.0 Å². The summed E-state index contributed by atoms with van der Waals surface area (Å²) in [6.07, 6.45) is 0.310. The molecule has 0 aliphatic carbocycles. The van der Waals surface area contributed by atoms with Gasteiger partial charge in [-0.2, -0.15) is 0 Å². The first-order chi connectivity index (χ1) is 9.52. The van der Waals surface area contributed by atoms with Crippen LogP contribution in [-0.4, -0.2) is 32.6 Å². The summed E-state index contributed by atoms with van der Waals surface area (Å²) in [5, 5.41) is 16.4. The first kappa shape index (κ1) is 14.6. The van der Waals surface area contributed by atoms with Gasteiger partial charge in [-0.05, 0) is 24.7 Å². The van der Waals surface area contributed by atoms with Crippen LogP contribution >= 0.6 is 15.9 Å². The number of halogens is 2. The van der Waals surface area contributed by atoms with E-state index in [0.29, 0.717) is 17.7 Å². The molecule has 0 amide bonds. The van der Waals surface area contributed by atoms with Crippen molar-refractivity contribution in [3.63, 3.8) is 0 Å². The number of carbonyl (C=O) groups is 1. The lowest BCUT2D eigenvalue weighted by atomic mass is 10.2. The van der Waals surface area contributed by atoms with Gasteiger partial charge in [0.2, 0.25) is 0 Å². The number of aromatic carboxylic acids is 1. The number of aromatic nitrogens is 3. The van der Waals surface area contributed by atoms with Crippen molar-refractivity contribution in [1.29, 1.82) is 0 Å². The topological polar surface area (TPSA) is 94.0 Å². The quantitative estimate of drug-likeness (QED) is 0.857. The maximum absolute atomic E-state index is 13.7. The summed E-state index contributed by atoms with van der Waals surface area (Å²) in [5.41, 5.74) is 6.09. The molecule has 0 unspecified atom stereocenters. The molecule has 0 aliphatic rings. The second-order valence-electron chi connectivity index (χ2n) is 4.12. The third kappa shape index (κ3) is 3.02. The van der Waals surface area contributed by atoms with Crippen LogP contribution in [-0.2, 0) is 13.0 Å². The summed E-state index contributed by atoms with van der Waals surface area (Å²) in [4.78, 5) is 11.0. The van der Waals surface area contributed by atoms with Crippen LogP contribution in [0.15, 0.2) is 22.7 Å². The Balaban J connectivity index is 2.38. The minimum absolute atomic E-state index is 0.0981. The highest BCUT2D eigenvalue weighted by molar-refractivity contribution is 9.10. The van der Waals surface area contributed by atoms with Crippen LogP contribution in [0.3, 0.4) is 0 Å². The van der Waals surface area contributed by atoms with Crippen LogP contribution in [0.25, 0.3) is 0 Å². The van der Waals surface area contributed by atoms with E-state index in [2.05, 4.69) is 26.2 Å². The summed E-state index contributed by atoms with van der Waals surface area (Å²) in [6, 6.07) is 4.53. The van der Waals surface area contributed by atoms with Gasteiger partial charge in [-0.25, -0.2) is 13.9 Å². The summed E-state index contributed by atoms with van der Waals surface area (Å²) in [5.74, 6) is -1.56. The summed E-state index contributed by atoms with van der Waals surface area (Å²) in [7, 11) is 0. The van der Waals surface area contributed by atoms with E-state index < -0.39 is 5.97 Å². The van der Waals surface area contributed by atoms with Gasteiger partial charge in [0.15, 0.2) is 5.69 Å². The minimum atomic E-state index is -1.17. The molecule has 20 heavy (non-hydrogen) atoms. The third-order valence-corrected chi connectivity index (χ3v) is 3.24. The average molecular weight is 343 g/mol. The molecule has 1 aromatic carbocycles. The number of carboxylic acid groups (broad SMARTS) is 1. The molecule has 1 heterocycles. The van der Waals surface area contributed by atoms with Gasteiger partial charge < -0.3 is 10.8 Å². The molecule has 0 radical (unpaired) electrons. The fourth-order valence-corrected chi connectivity index (χ4v) is 2.24. The molecule has 3 N–H and O–H groups in total. The van der Waals surface area contributed by atoms with E-state index in [0.717, 1.165) is 4.47 Å². The van der Waals surface area contributed by atoms with E-state index in [9.17, 15) is 9.18 Å². The summed E-state index contributed by atoms with van der Waals surface area (Å²) < 4.78 is 15.8. The molecule has 106 valence electrons. The summed E-state index contributed by atoms with van der Waals surface area (Å²) in [6.45, 7) is 0.357. The van der Waals surface area contributed by atoms with Crippen LogP contribution in [0.5, 0.6) is 0 Å². The first-order valence-corrected chi connectivity index (χ1v) is 6.62. The van der Waals surface area contributed by atoms with E-state index in [1.54, 1.807) is 12.1 Å². The monoisotopic (exact) mass is 342 g/mol. The molecule has 0 aliphatic heterocycles. The largest absolute Gasteiger partial charge is 0.476 e. The number of nitrogens with zero attached hydrogens (tertiary/aromatic N) is 3. The summed E-state index contributed by atoms with van der Waals surface area (Å²) >= 11 is 3.26. The lowest BCUT2D eigenvalue weighted by Crippen LogP contribution is -2.14. The second kappa shape index (κ2) is 6.10. The van der Waals surface area contributed by atoms with Gasteiger partial charge in [0.05, 0.1) is 12.2 Å². The highest BCUT2D eigenvalue weighted by atomic mass is 79.9. The minimum Gasteiger partial charge on any atom is -0.476 e. The molecule has 0 saturated carbocycles. The number of nitrogens with two attached hydrogens (primary N) is 1. The Kier molecular flexibility index (Phi) is 4.46. The molecule has 2 rings (SSSR count). The molecule has 6 nitrogen and oxygen atoms in total. The first-order valence-electron chi connectivity index (χ1n) is 5.82. The normalized spacial score (nSPS) is 10.8. The fraction of sp³-hybridized carbons (Fsp3) is 0.250. The maximum atomic E-state index is 13.7. The van der Waals surface area contributed by atoms with Crippen molar-refractivity contribution in [2.75, 3.05) is 6.54 Å². The van der Waals surface area contributed by atoms with E-state index in [1.807, 2.05) is 0 Å². The predicted octanol–water partition coefficient (Wildman–Crippen LogP) is 1.43. The molecule has 0 spiro atoms. The Hall–Kier alpha value is -1.80. The Labute approximate surface area is 122 Å². The molecule has 0 fully saturated rings. The van der Waals surface area contributed by atoms with Crippen LogP contribution in [0.2, 0.25) is 0 Å². The second-order valence-corrected chi connectivity index (χ2v) is 5.04. The van der Waals surface area contributed by atoms with Gasteiger partial charge in [-0.15, -0.1) is 5.10 Å². The van der Waals surface area contributed by atoms with Crippen molar-refractivity contribution in [3.8, 4) is 0 Å². The number of hydrogen-bond donors (Lipinski definition) is 2. The third-order valence-electron chi connectivity index (χ3n) is 2.75. The van der Waals surface area contributed by atoms with Crippen molar-refractivity contribution in [2.24, 2.45) is 5.73 Å². The van der Waals surface area contributed by atoms with Crippen molar-refractivity contribution in [2.45, 2.75) is 13.0 Å². The maximum Gasteiger partial charge on any atom is 0.358 e. The lowest BCUT2D eigenvalue weighted by molar-refractivity contribution is 0.0689. The Morgan fingerprint density at radius 1 is 1.50 bits per heavy atom. The van der Waals surface area contributed by atoms with Crippen LogP contribution < -0.4 is 5.73 Å². The van der Waals surface area contributed by atoms with Gasteiger partial charge in [0.25, 0.3) is 0 Å². The smallest absolute Gasteiger partial charge is 0.358 e. The van der Waals surface area contributed by atoms with Gasteiger partial charge in [-0.3, -0.25) is 0 Å². The van der Waals surface area contributed by atoms with E-state index >= 15 is 0 Å². The molecule has 0 bridgehead atoms. The highest BCUT2D eigenvalue weighted by Crippen LogP contribution is 2.17. The van der Waals surface area contributed by atoms with Gasteiger partial charge in [-0.1, -0.05) is 21.1 Å². The zero-order valence-corrected chi connectivity index (χ0v) is 12.0. The average Bonchev–Trinajstić information content (AvgIpc) is 2.78. The molecular formula is C12H12BrFN4O2. The molecule has 0 atom stereocenters. The number of benzene rings is 1. The van der Waals surface area contributed by atoms with Crippen LogP contribution in [0, 0.1) is 5.82 Å². The molecular weight excluding hydrogens is 331 g/mol. The van der Waals surface area contributed by atoms with Crippen molar-refractivity contribution >= 4 is 21.9 Å². The molecule has 0 saturated heterocycles. The lowest BCUT2D eigenvalue weighted by Gasteiger charge is -2.07. The Bertz CT molecular complexity index is 644. The van der Waals surface area contributed by atoms with E-state index in [4.69, 9.17) is 10.8 Å². The molecule has 1 aromatic heterocycles. The number of hydrogen-bond acceptors (Lipinski definition) is 4. The Morgan fingerprint density at radius 2 is 2.25 bits per heavy atom. The molecule has 2 aromatic rings. The van der Waals surface area contributed by atoms with Crippen LogP contribution in [0.4, 0.5) is 4.39 Å². The van der Waals surface area contributed by atoms with Crippen molar-refractivity contribution < 1.29 is 14.3 Å². The van der Waals surface area contributed by atoms with E-state index in [-0.39, 0.29) is 24.6 Å². The predicted molar refractivity (Wildman–Crippen MR) is 72.9 cm³/mol. The zero-order chi connectivity index (χ0) is 14.7. The Morgan fingerprint density at radius 3 is 2.90 bits per heavy atom. The SMILES string of the molecule is NCCc1c(C(=O)O)nnn1Cc1cc(Br)ccc1F. The van der Waals surface area contributed by atoms with E-state index in [1.165, 1.54) is 10.7 Å². The number of carboxylic acids is 1. The zero-order valence-electron chi connectivity index (χ0n) is 10.4. The van der Waals surface area contributed by atoms with Crippen molar-refractivity contribution in [3.05, 3.63) is 45.4 Å². The fourth-order valence-electron chi connectivity index (χ4n) is 1.84. The molecule has 8 heteroatoms.